The first-order valence-electron chi connectivity index (χ1n) is 4.81. The zero-order valence-electron chi connectivity index (χ0n) is 8.01. The maximum Gasteiger partial charge on any atom is 0.177 e. The molecule has 1 aliphatic heterocycles. The summed E-state index contributed by atoms with van der Waals surface area (Å²) >= 11 is 0. The lowest BCUT2D eigenvalue weighted by Gasteiger charge is -2.28. The van der Waals surface area contributed by atoms with Gasteiger partial charge in [-0.1, -0.05) is 13.8 Å². The molecular weight excluding hydrogens is 150 g/mol. The van der Waals surface area contributed by atoms with Crippen LogP contribution >= 0.6 is 0 Å². The number of hydrogen-bond acceptors (Lipinski definition) is 1. The highest BCUT2D eigenvalue weighted by Crippen LogP contribution is 1.95. The lowest BCUT2D eigenvalue weighted by atomic mass is 10.0. The second-order valence-corrected chi connectivity index (χ2v) is 3.88. The van der Waals surface area contributed by atoms with E-state index in [1.54, 1.807) is 0 Å². The van der Waals surface area contributed by atoms with E-state index < -0.39 is 0 Å². The largest absolute Gasteiger partial charge is 0.337 e. The quantitative estimate of drug-likeness (QED) is 0.493. The molecule has 1 heterocycles. The minimum atomic E-state index is 0.207. The third kappa shape index (κ3) is 2.20. The van der Waals surface area contributed by atoms with Crippen LogP contribution in [0.1, 0.15) is 13.8 Å². The van der Waals surface area contributed by atoms with Crippen molar-refractivity contribution in [1.29, 1.82) is 5.26 Å². The van der Waals surface area contributed by atoms with Gasteiger partial charge in [0.25, 0.3) is 0 Å². The molecule has 0 radical (unpaired) electrons. The normalized spacial score (nSPS) is 22.2. The Morgan fingerprint density at radius 2 is 1.92 bits per heavy atom. The summed E-state index contributed by atoms with van der Waals surface area (Å²) in [5.41, 5.74) is 0. The van der Waals surface area contributed by atoms with Gasteiger partial charge < -0.3 is 10.2 Å². The molecule has 1 saturated heterocycles. The Kier molecular flexibility index (Phi) is 3.51. The second kappa shape index (κ2) is 4.44. The van der Waals surface area contributed by atoms with E-state index in [9.17, 15) is 0 Å². The first-order valence-corrected chi connectivity index (χ1v) is 4.81. The van der Waals surface area contributed by atoms with Crippen LogP contribution in [0.5, 0.6) is 0 Å². The molecule has 1 rings (SSSR count). The summed E-state index contributed by atoms with van der Waals surface area (Å²) in [6.45, 7) is 8.94. The second-order valence-electron chi connectivity index (χ2n) is 3.88. The highest BCUT2D eigenvalue weighted by molar-refractivity contribution is 4.85. The predicted octanol–water partition coefficient (Wildman–Crippen LogP) is -2.00. The molecule has 3 heteroatoms. The van der Waals surface area contributed by atoms with Crippen LogP contribution in [0.4, 0.5) is 0 Å². The Labute approximate surface area is 74.4 Å². The van der Waals surface area contributed by atoms with Crippen LogP contribution in [0, 0.1) is 17.2 Å². The first-order chi connectivity index (χ1) is 5.75. The van der Waals surface area contributed by atoms with Crippen LogP contribution in [0.2, 0.25) is 0 Å². The molecule has 0 aromatic carbocycles. The van der Waals surface area contributed by atoms with E-state index in [-0.39, 0.29) is 6.04 Å². The summed E-state index contributed by atoms with van der Waals surface area (Å²) in [6.07, 6.45) is 0. The summed E-state index contributed by atoms with van der Waals surface area (Å²) in [4.78, 5) is 1.48. The predicted molar refractivity (Wildman–Crippen MR) is 46.6 cm³/mol. The van der Waals surface area contributed by atoms with E-state index >= 15 is 0 Å². The minimum Gasteiger partial charge on any atom is -0.337 e. The number of rotatable bonds is 2. The standard InChI is InChI=1S/C9H17N3/c1-8(2)9(7-10)12-5-3-11-4-6-12/h8-9,11H,3-6H2,1-2H3/p+2/t9-/m0/s1. The van der Waals surface area contributed by atoms with Crippen molar-refractivity contribution >= 4 is 0 Å². The zero-order valence-corrected chi connectivity index (χ0v) is 8.01. The number of nitriles is 1. The van der Waals surface area contributed by atoms with Crippen molar-refractivity contribution in [2.45, 2.75) is 19.9 Å². The van der Waals surface area contributed by atoms with E-state index in [0.29, 0.717) is 5.92 Å². The topological polar surface area (TPSA) is 44.8 Å². The average molecular weight is 169 g/mol. The maximum absolute atomic E-state index is 8.97. The van der Waals surface area contributed by atoms with Crippen LogP contribution < -0.4 is 10.2 Å². The Bertz CT molecular complexity index is 165. The van der Waals surface area contributed by atoms with E-state index in [4.69, 9.17) is 5.26 Å². The molecule has 0 amide bonds. The van der Waals surface area contributed by atoms with E-state index in [1.807, 2.05) is 0 Å². The molecule has 68 valence electrons. The van der Waals surface area contributed by atoms with Crippen molar-refractivity contribution in [3.8, 4) is 6.07 Å². The van der Waals surface area contributed by atoms with E-state index in [1.165, 1.54) is 18.0 Å². The van der Waals surface area contributed by atoms with Crippen molar-refractivity contribution < 1.29 is 10.2 Å². The molecule has 0 unspecified atom stereocenters. The van der Waals surface area contributed by atoms with Gasteiger partial charge in [-0.3, -0.25) is 0 Å². The molecule has 3 nitrogen and oxygen atoms in total. The van der Waals surface area contributed by atoms with Gasteiger partial charge in [-0.05, 0) is 0 Å². The maximum atomic E-state index is 8.97. The van der Waals surface area contributed by atoms with Gasteiger partial charge in [0, 0.05) is 5.92 Å². The molecule has 0 aromatic rings. The Balaban J connectivity index is 2.47. The molecule has 0 saturated carbocycles. The summed E-state index contributed by atoms with van der Waals surface area (Å²) in [7, 11) is 0. The van der Waals surface area contributed by atoms with Gasteiger partial charge in [0.15, 0.2) is 6.04 Å². The zero-order chi connectivity index (χ0) is 8.97. The summed E-state index contributed by atoms with van der Waals surface area (Å²) < 4.78 is 0. The number of nitrogens with one attached hydrogen (secondary N) is 1. The molecular formula is C9H19N3+2. The highest BCUT2D eigenvalue weighted by atomic mass is 15.2. The number of quaternary nitrogens is 2. The summed E-state index contributed by atoms with van der Waals surface area (Å²) in [5, 5.41) is 11.3. The average Bonchev–Trinajstić information content (AvgIpc) is 2.07. The fraction of sp³-hybridized carbons (Fsp3) is 0.889. The van der Waals surface area contributed by atoms with Gasteiger partial charge in [0.1, 0.15) is 32.2 Å². The first kappa shape index (κ1) is 9.50. The lowest BCUT2D eigenvalue weighted by Crippen LogP contribution is -3.23. The Morgan fingerprint density at radius 1 is 1.33 bits per heavy atom. The highest BCUT2D eigenvalue weighted by Gasteiger charge is 2.27. The van der Waals surface area contributed by atoms with Gasteiger partial charge in [-0.2, -0.15) is 5.26 Å². The lowest BCUT2D eigenvalue weighted by molar-refractivity contribution is -0.963. The van der Waals surface area contributed by atoms with Crippen LogP contribution in [0.15, 0.2) is 0 Å². The number of piperazine rings is 1. The number of hydrogen-bond donors (Lipinski definition) is 2. The third-order valence-electron chi connectivity index (χ3n) is 2.58. The molecule has 12 heavy (non-hydrogen) atoms. The molecule has 1 fully saturated rings. The molecule has 0 bridgehead atoms. The molecule has 3 N–H and O–H groups in total. The van der Waals surface area contributed by atoms with E-state index in [2.05, 4.69) is 25.2 Å². The number of nitrogens with zero attached hydrogens (tertiary/aromatic N) is 1. The Morgan fingerprint density at radius 3 is 2.33 bits per heavy atom. The smallest absolute Gasteiger partial charge is 0.177 e. The van der Waals surface area contributed by atoms with Gasteiger partial charge in [-0.25, -0.2) is 0 Å². The fourth-order valence-electron chi connectivity index (χ4n) is 1.87. The van der Waals surface area contributed by atoms with Crippen LogP contribution in [-0.2, 0) is 0 Å². The van der Waals surface area contributed by atoms with E-state index in [0.717, 1.165) is 13.1 Å². The van der Waals surface area contributed by atoms with Crippen LogP contribution in [-0.4, -0.2) is 32.2 Å². The van der Waals surface area contributed by atoms with Crippen LogP contribution in [0.3, 0.4) is 0 Å². The van der Waals surface area contributed by atoms with Crippen LogP contribution in [0.25, 0.3) is 0 Å². The van der Waals surface area contributed by atoms with Gasteiger partial charge >= 0.3 is 0 Å². The minimum absolute atomic E-state index is 0.207. The third-order valence-corrected chi connectivity index (χ3v) is 2.58. The van der Waals surface area contributed by atoms with Crippen molar-refractivity contribution in [3.05, 3.63) is 0 Å². The molecule has 1 aliphatic rings. The Hall–Kier alpha value is -0.590. The van der Waals surface area contributed by atoms with Gasteiger partial charge in [0.2, 0.25) is 0 Å². The van der Waals surface area contributed by atoms with Crippen molar-refractivity contribution in [3.63, 3.8) is 0 Å². The van der Waals surface area contributed by atoms with Crippen molar-refractivity contribution in [2.75, 3.05) is 26.2 Å². The number of nitrogens with two attached hydrogens (primary N) is 1. The SMILES string of the molecule is CC(C)[C@H](C#N)[NH+]1CC[NH2+]CC1. The van der Waals surface area contributed by atoms with Crippen molar-refractivity contribution in [2.24, 2.45) is 5.92 Å². The van der Waals surface area contributed by atoms with Gasteiger partial charge in [-0.15, -0.1) is 0 Å². The monoisotopic (exact) mass is 169 g/mol. The van der Waals surface area contributed by atoms with Gasteiger partial charge in [0.05, 0.1) is 0 Å². The summed E-state index contributed by atoms with van der Waals surface area (Å²) in [5.74, 6) is 0.489. The summed E-state index contributed by atoms with van der Waals surface area (Å²) in [6, 6.07) is 2.63. The molecule has 0 aliphatic carbocycles. The van der Waals surface area contributed by atoms with Crippen molar-refractivity contribution in [1.82, 2.24) is 0 Å². The molecule has 0 spiro atoms. The fourth-order valence-corrected chi connectivity index (χ4v) is 1.87. The molecule has 0 aromatic heterocycles. The molecule has 1 atom stereocenters.